The number of rotatable bonds is 13. The van der Waals surface area contributed by atoms with Gasteiger partial charge in [-0.3, -0.25) is 9.59 Å². The highest BCUT2D eigenvalue weighted by atomic mass is 16.6. The van der Waals surface area contributed by atoms with E-state index in [1.807, 2.05) is 62.4 Å². The molecular weight excluding hydrogens is 582 g/mol. The summed E-state index contributed by atoms with van der Waals surface area (Å²) >= 11 is 0. The van der Waals surface area contributed by atoms with Crippen LogP contribution in [0.5, 0.6) is 0 Å². The van der Waals surface area contributed by atoms with Gasteiger partial charge in [0.25, 0.3) is 0 Å². The van der Waals surface area contributed by atoms with Gasteiger partial charge in [0, 0.05) is 12.5 Å². The monoisotopic (exact) mass is 637 g/mol. The fourth-order valence-electron chi connectivity index (χ4n) is 5.03. The summed E-state index contributed by atoms with van der Waals surface area (Å²) in [5.41, 5.74) is 0.818. The molecule has 2 N–H and O–H groups in total. The lowest BCUT2D eigenvalue weighted by Crippen LogP contribution is -2.56. The number of hydrogen-bond acceptors (Lipinski definition) is 6. The molecule has 3 amide bonds. The third-order valence-corrected chi connectivity index (χ3v) is 7.17. The number of nitrogens with one attached hydrogen (secondary N) is 2. The number of carbonyl (C=O) groups is 4. The minimum absolute atomic E-state index is 0.204. The van der Waals surface area contributed by atoms with Gasteiger partial charge in [-0.25, -0.2) is 9.59 Å². The van der Waals surface area contributed by atoms with Crippen molar-refractivity contribution in [2.45, 2.75) is 131 Å². The Balaban J connectivity index is 2.61. The molecule has 0 aromatic heterocycles. The quantitative estimate of drug-likeness (QED) is 0.237. The topological polar surface area (TPSA) is 114 Å². The Morgan fingerprint density at radius 3 is 1.93 bits per heavy atom. The molecule has 0 saturated heterocycles. The van der Waals surface area contributed by atoms with E-state index in [1.54, 1.807) is 59.4 Å². The van der Waals surface area contributed by atoms with Crippen molar-refractivity contribution in [3.05, 3.63) is 71.3 Å². The number of hydrogen-bond donors (Lipinski definition) is 2. The van der Waals surface area contributed by atoms with Crippen LogP contribution in [-0.2, 0) is 30.3 Å². The molecule has 4 atom stereocenters. The summed E-state index contributed by atoms with van der Waals surface area (Å²) in [6.07, 6.45) is 0.912. The van der Waals surface area contributed by atoms with Crippen molar-refractivity contribution in [1.29, 1.82) is 0 Å². The Morgan fingerprint density at radius 2 is 1.39 bits per heavy atom. The van der Waals surface area contributed by atoms with E-state index in [0.717, 1.165) is 17.5 Å². The van der Waals surface area contributed by atoms with Gasteiger partial charge in [0.1, 0.15) is 29.3 Å². The lowest BCUT2D eigenvalue weighted by molar-refractivity contribution is -0.159. The van der Waals surface area contributed by atoms with Crippen LogP contribution in [0.2, 0.25) is 0 Å². The number of benzene rings is 2. The largest absolute Gasteiger partial charge is 0.458 e. The SMILES string of the molecule is Cc1cccc(C(C(=O)NC(Cc2ccccc2)C(=O)OC(C)(C)C)N(C(=O)C(C)NC(=O)OC(C)(C)C)C(C)CCC(C)C)c1. The normalized spacial score (nSPS) is 14.4. The van der Waals surface area contributed by atoms with E-state index in [2.05, 4.69) is 24.5 Å². The van der Waals surface area contributed by atoms with Gasteiger partial charge in [-0.2, -0.15) is 0 Å². The van der Waals surface area contributed by atoms with Gasteiger partial charge >= 0.3 is 12.1 Å². The molecule has 0 saturated carbocycles. The summed E-state index contributed by atoms with van der Waals surface area (Å²) in [4.78, 5) is 56.5. The van der Waals surface area contributed by atoms with Crippen LogP contribution in [0.1, 0.15) is 105 Å². The van der Waals surface area contributed by atoms with Gasteiger partial charge in [-0.1, -0.05) is 74.0 Å². The second kappa shape index (κ2) is 16.6. The second-order valence-corrected chi connectivity index (χ2v) is 14.5. The highest BCUT2D eigenvalue weighted by Crippen LogP contribution is 2.28. The third kappa shape index (κ3) is 12.9. The van der Waals surface area contributed by atoms with E-state index < -0.39 is 53.2 Å². The summed E-state index contributed by atoms with van der Waals surface area (Å²) in [6.45, 7) is 20.2. The molecule has 0 aliphatic carbocycles. The number of amides is 3. The first-order chi connectivity index (χ1) is 21.3. The zero-order valence-electron chi connectivity index (χ0n) is 29.6. The zero-order valence-corrected chi connectivity index (χ0v) is 29.6. The molecule has 0 aliphatic heterocycles. The number of alkyl carbamates (subject to hydrolysis) is 1. The van der Waals surface area contributed by atoms with Crippen LogP contribution in [0.25, 0.3) is 0 Å². The lowest BCUT2D eigenvalue weighted by Gasteiger charge is -2.39. The van der Waals surface area contributed by atoms with Crippen LogP contribution >= 0.6 is 0 Å². The predicted molar refractivity (Wildman–Crippen MR) is 181 cm³/mol. The maximum absolute atomic E-state index is 14.5. The molecule has 9 nitrogen and oxygen atoms in total. The molecule has 4 unspecified atom stereocenters. The minimum atomic E-state index is -1.10. The molecular formula is C37H55N3O6. The number of ether oxygens (including phenoxy) is 2. The molecule has 254 valence electrons. The smallest absolute Gasteiger partial charge is 0.408 e. The van der Waals surface area contributed by atoms with Gasteiger partial charge in [0.2, 0.25) is 11.8 Å². The van der Waals surface area contributed by atoms with Crippen LogP contribution in [0.3, 0.4) is 0 Å². The minimum Gasteiger partial charge on any atom is -0.458 e. The van der Waals surface area contributed by atoms with Crippen LogP contribution in [0, 0.1) is 12.8 Å². The average molecular weight is 638 g/mol. The maximum Gasteiger partial charge on any atom is 0.408 e. The van der Waals surface area contributed by atoms with E-state index in [9.17, 15) is 19.2 Å². The predicted octanol–water partition coefficient (Wildman–Crippen LogP) is 6.67. The first kappa shape index (κ1) is 38.3. The van der Waals surface area contributed by atoms with E-state index in [0.29, 0.717) is 17.9 Å². The molecule has 0 spiro atoms. The zero-order chi connectivity index (χ0) is 34.8. The number of aryl methyl sites for hydroxylation is 1. The molecule has 0 radical (unpaired) electrons. The summed E-state index contributed by atoms with van der Waals surface area (Å²) < 4.78 is 11.1. The van der Waals surface area contributed by atoms with Crippen molar-refractivity contribution in [3.63, 3.8) is 0 Å². The van der Waals surface area contributed by atoms with Crippen molar-refractivity contribution in [2.75, 3.05) is 0 Å². The molecule has 0 aliphatic rings. The molecule has 9 heteroatoms. The van der Waals surface area contributed by atoms with Crippen molar-refractivity contribution >= 4 is 23.9 Å². The second-order valence-electron chi connectivity index (χ2n) is 14.5. The Bertz CT molecular complexity index is 1310. The van der Waals surface area contributed by atoms with E-state index in [4.69, 9.17) is 9.47 Å². The van der Waals surface area contributed by atoms with Gasteiger partial charge in [0.15, 0.2) is 0 Å². The van der Waals surface area contributed by atoms with Crippen LogP contribution in [-0.4, -0.2) is 58.1 Å². The molecule has 0 heterocycles. The summed E-state index contributed by atoms with van der Waals surface area (Å²) in [5.74, 6) is -1.17. The van der Waals surface area contributed by atoms with Crippen molar-refractivity contribution in [1.82, 2.24) is 15.5 Å². The Hall–Kier alpha value is -3.88. The third-order valence-electron chi connectivity index (χ3n) is 7.17. The lowest BCUT2D eigenvalue weighted by atomic mass is 9.96. The standard InChI is InChI=1S/C37H55N3O6/c1-24(2)20-21-26(4)40(33(42)27(5)38-35(44)46-37(9,10)11)31(29-19-15-16-25(3)22-29)32(41)39-30(34(43)45-36(6,7)8)23-28-17-13-12-14-18-28/h12-19,22,24,26-27,30-31H,20-21,23H2,1-11H3,(H,38,44)(H,39,41). The molecule has 2 aromatic carbocycles. The van der Waals surface area contributed by atoms with Crippen LogP contribution in [0.15, 0.2) is 54.6 Å². The highest BCUT2D eigenvalue weighted by Gasteiger charge is 2.39. The number of nitrogens with zero attached hydrogens (tertiary/aromatic N) is 1. The van der Waals surface area contributed by atoms with E-state index in [1.165, 1.54) is 0 Å². The Morgan fingerprint density at radius 1 is 0.783 bits per heavy atom. The summed E-state index contributed by atoms with van der Waals surface area (Å²) in [5, 5.41) is 5.60. The van der Waals surface area contributed by atoms with Gasteiger partial charge < -0.3 is 25.0 Å². The first-order valence-electron chi connectivity index (χ1n) is 16.2. The molecule has 46 heavy (non-hydrogen) atoms. The highest BCUT2D eigenvalue weighted by molar-refractivity contribution is 5.94. The van der Waals surface area contributed by atoms with Gasteiger partial charge in [0.05, 0.1) is 0 Å². The first-order valence-corrected chi connectivity index (χ1v) is 16.2. The molecule has 2 aromatic rings. The van der Waals surface area contributed by atoms with Crippen LogP contribution in [0.4, 0.5) is 4.79 Å². The molecule has 2 rings (SSSR count). The van der Waals surface area contributed by atoms with Gasteiger partial charge in [-0.05, 0) is 92.2 Å². The van der Waals surface area contributed by atoms with Crippen molar-refractivity contribution in [3.8, 4) is 0 Å². The number of carbonyl (C=O) groups excluding carboxylic acids is 4. The van der Waals surface area contributed by atoms with E-state index >= 15 is 0 Å². The Kier molecular flexibility index (Phi) is 13.8. The van der Waals surface area contributed by atoms with Crippen LogP contribution < -0.4 is 10.6 Å². The number of esters is 1. The van der Waals surface area contributed by atoms with Crippen molar-refractivity contribution in [2.24, 2.45) is 5.92 Å². The summed E-state index contributed by atoms with van der Waals surface area (Å²) in [6, 6.07) is 13.3. The van der Waals surface area contributed by atoms with Crippen molar-refractivity contribution < 1.29 is 28.7 Å². The fraction of sp³-hybridized carbons (Fsp3) is 0.568. The average Bonchev–Trinajstić information content (AvgIpc) is 2.92. The maximum atomic E-state index is 14.5. The van der Waals surface area contributed by atoms with E-state index in [-0.39, 0.29) is 12.5 Å². The fourth-order valence-corrected chi connectivity index (χ4v) is 5.03. The Labute approximate surface area is 275 Å². The molecule has 0 fully saturated rings. The van der Waals surface area contributed by atoms with Gasteiger partial charge in [-0.15, -0.1) is 0 Å². The molecule has 0 bridgehead atoms. The summed E-state index contributed by atoms with van der Waals surface area (Å²) in [7, 11) is 0.